The van der Waals surface area contributed by atoms with Crippen molar-refractivity contribution in [2.45, 2.75) is 38.1 Å². The molecule has 3 aromatic rings. The SMILES string of the molecule is c1ccc(-c2nnc(-c3cccnc3N3CCN(C4CCCCC4)CC3)o2)cc1. The van der Waals surface area contributed by atoms with Crippen LogP contribution in [0.5, 0.6) is 0 Å². The first-order valence-corrected chi connectivity index (χ1v) is 10.7. The van der Waals surface area contributed by atoms with Gasteiger partial charge in [0, 0.05) is 44.0 Å². The van der Waals surface area contributed by atoms with E-state index in [1.165, 1.54) is 32.1 Å². The fourth-order valence-corrected chi connectivity index (χ4v) is 4.59. The van der Waals surface area contributed by atoms with Crippen LogP contribution in [0.25, 0.3) is 22.9 Å². The maximum absolute atomic E-state index is 6.00. The molecule has 2 fully saturated rings. The predicted molar refractivity (Wildman–Crippen MR) is 114 cm³/mol. The van der Waals surface area contributed by atoms with E-state index in [9.17, 15) is 0 Å². The summed E-state index contributed by atoms with van der Waals surface area (Å²) in [4.78, 5) is 9.72. The van der Waals surface area contributed by atoms with Gasteiger partial charge in [0.05, 0.1) is 5.56 Å². The van der Waals surface area contributed by atoms with Gasteiger partial charge in [-0.3, -0.25) is 4.90 Å². The molecule has 1 aliphatic carbocycles. The van der Waals surface area contributed by atoms with Gasteiger partial charge in [-0.25, -0.2) is 4.98 Å². The van der Waals surface area contributed by atoms with Crippen LogP contribution in [0, 0.1) is 0 Å². The Hall–Kier alpha value is -2.73. The van der Waals surface area contributed by atoms with E-state index >= 15 is 0 Å². The lowest BCUT2D eigenvalue weighted by atomic mass is 9.94. The highest BCUT2D eigenvalue weighted by Gasteiger charge is 2.27. The first-order valence-electron chi connectivity index (χ1n) is 10.7. The van der Waals surface area contributed by atoms with E-state index in [1.807, 2.05) is 48.7 Å². The van der Waals surface area contributed by atoms with Gasteiger partial charge in [-0.05, 0) is 37.1 Å². The van der Waals surface area contributed by atoms with Crippen molar-refractivity contribution in [2.75, 3.05) is 31.1 Å². The van der Waals surface area contributed by atoms with E-state index in [2.05, 4.69) is 25.0 Å². The quantitative estimate of drug-likeness (QED) is 0.665. The second kappa shape index (κ2) is 8.33. The fraction of sp³-hybridized carbons (Fsp3) is 0.435. The van der Waals surface area contributed by atoms with E-state index < -0.39 is 0 Å². The zero-order valence-corrected chi connectivity index (χ0v) is 16.7. The van der Waals surface area contributed by atoms with Gasteiger partial charge in [0.15, 0.2) is 0 Å². The average molecular weight is 390 g/mol. The number of rotatable bonds is 4. The molecule has 150 valence electrons. The first-order chi connectivity index (χ1) is 14.4. The summed E-state index contributed by atoms with van der Waals surface area (Å²) in [6, 6.07) is 14.6. The number of anilines is 1. The molecule has 0 bridgehead atoms. The van der Waals surface area contributed by atoms with Gasteiger partial charge in [-0.2, -0.15) is 0 Å². The molecular formula is C23H27N5O. The van der Waals surface area contributed by atoms with Gasteiger partial charge < -0.3 is 9.32 Å². The molecule has 0 unspecified atom stereocenters. The number of aromatic nitrogens is 3. The minimum absolute atomic E-state index is 0.529. The van der Waals surface area contributed by atoms with Crippen molar-refractivity contribution in [2.24, 2.45) is 0 Å². The van der Waals surface area contributed by atoms with Gasteiger partial charge >= 0.3 is 0 Å². The highest BCUT2D eigenvalue weighted by Crippen LogP contribution is 2.31. The summed E-state index contributed by atoms with van der Waals surface area (Å²) >= 11 is 0. The highest BCUT2D eigenvalue weighted by molar-refractivity contribution is 5.70. The molecular weight excluding hydrogens is 362 g/mol. The fourth-order valence-electron chi connectivity index (χ4n) is 4.59. The molecule has 0 spiro atoms. The average Bonchev–Trinajstić information content (AvgIpc) is 3.31. The van der Waals surface area contributed by atoms with E-state index in [0.29, 0.717) is 11.8 Å². The van der Waals surface area contributed by atoms with Crippen molar-refractivity contribution < 1.29 is 4.42 Å². The number of pyridine rings is 1. The van der Waals surface area contributed by atoms with Crippen LogP contribution in [0.15, 0.2) is 53.1 Å². The van der Waals surface area contributed by atoms with Crippen molar-refractivity contribution in [1.82, 2.24) is 20.1 Å². The molecule has 6 heteroatoms. The summed E-state index contributed by atoms with van der Waals surface area (Å²) < 4.78 is 6.00. The zero-order chi connectivity index (χ0) is 19.5. The van der Waals surface area contributed by atoms with Crippen LogP contribution in [0.4, 0.5) is 5.82 Å². The zero-order valence-electron chi connectivity index (χ0n) is 16.7. The molecule has 2 aromatic heterocycles. The highest BCUT2D eigenvalue weighted by atomic mass is 16.4. The lowest BCUT2D eigenvalue weighted by Crippen LogP contribution is -2.51. The van der Waals surface area contributed by atoms with Crippen LogP contribution < -0.4 is 4.90 Å². The maximum Gasteiger partial charge on any atom is 0.251 e. The van der Waals surface area contributed by atoms with Gasteiger partial charge in [0.1, 0.15) is 5.82 Å². The summed E-state index contributed by atoms with van der Waals surface area (Å²) in [5.74, 6) is 2.01. The Morgan fingerprint density at radius 2 is 1.55 bits per heavy atom. The van der Waals surface area contributed by atoms with Crippen molar-refractivity contribution in [3.05, 3.63) is 48.7 Å². The summed E-state index contributed by atoms with van der Waals surface area (Å²) in [7, 11) is 0. The number of nitrogens with zero attached hydrogens (tertiary/aromatic N) is 5. The second-order valence-electron chi connectivity index (χ2n) is 7.97. The van der Waals surface area contributed by atoms with Crippen LogP contribution >= 0.6 is 0 Å². The largest absolute Gasteiger partial charge is 0.416 e. The van der Waals surface area contributed by atoms with Crippen molar-refractivity contribution in [3.63, 3.8) is 0 Å². The molecule has 0 radical (unpaired) electrons. The Morgan fingerprint density at radius 1 is 0.793 bits per heavy atom. The van der Waals surface area contributed by atoms with E-state index in [0.717, 1.165) is 49.2 Å². The van der Waals surface area contributed by atoms with Gasteiger partial charge in [0.2, 0.25) is 5.89 Å². The molecule has 2 aliphatic rings. The Balaban J connectivity index is 1.33. The number of hydrogen-bond donors (Lipinski definition) is 0. The lowest BCUT2D eigenvalue weighted by Gasteiger charge is -2.41. The minimum Gasteiger partial charge on any atom is -0.416 e. The third-order valence-corrected chi connectivity index (χ3v) is 6.17. The van der Waals surface area contributed by atoms with Gasteiger partial charge in [0.25, 0.3) is 5.89 Å². The van der Waals surface area contributed by atoms with E-state index in [1.54, 1.807) is 0 Å². The van der Waals surface area contributed by atoms with Crippen LogP contribution in [-0.2, 0) is 0 Å². The number of hydrogen-bond acceptors (Lipinski definition) is 6. The molecule has 29 heavy (non-hydrogen) atoms. The van der Waals surface area contributed by atoms with E-state index in [-0.39, 0.29) is 0 Å². The topological polar surface area (TPSA) is 58.3 Å². The Bertz CT molecular complexity index is 927. The molecule has 1 aliphatic heterocycles. The number of benzene rings is 1. The Morgan fingerprint density at radius 3 is 2.34 bits per heavy atom. The Kier molecular flexibility index (Phi) is 5.26. The van der Waals surface area contributed by atoms with Crippen LogP contribution in [0.1, 0.15) is 32.1 Å². The molecule has 0 atom stereocenters. The summed E-state index contributed by atoms with van der Waals surface area (Å²) in [6.45, 7) is 4.17. The maximum atomic E-state index is 6.00. The number of piperazine rings is 1. The normalized spacial score (nSPS) is 18.8. The van der Waals surface area contributed by atoms with Crippen LogP contribution in [0.3, 0.4) is 0 Å². The minimum atomic E-state index is 0.529. The lowest BCUT2D eigenvalue weighted by molar-refractivity contribution is 0.147. The molecule has 1 saturated heterocycles. The smallest absolute Gasteiger partial charge is 0.251 e. The summed E-state index contributed by atoms with van der Waals surface area (Å²) in [5, 5.41) is 8.56. The van der Waals surface area contributed by atoms with Gasteiger partial charge in [-0.15, -0.1) is 10.2 Å². The van der Waals surface area contributed by atoms with Gasteiger partial charge in [-0.1, -0.05) is 37.5 Å². The van der Waals surface area contributed by atoms with Crippen molar-refractivity contribution in [1.29, 1.82) is 0 Å². The summed E-state index contributed by atoms with van der Waals surface area (Å²) in [6.07, 6.45) is 8.74. The van der Waals surface area contributed by atoms with Crippen LogP contribution in [-0.4, -0.2) is 52.3 Å². The molecule has 1 saturated carbocycles. The molecule has 3 heterocycles. The van der Waals surface area contributed by atoms with E-state index in [4.69, 9.17) is 4.42 Å². The molecule has 5 rings (SSSR count). The van der Waals surface area contributed by atoms with Crippen molar-refractivity contribution >= 4 is 5.82 Å². The molecule has 1 aromatic carbocycles. The third kappa shape index (κ3) is 3.90. The summed E-state index contributed by atoms with van der Waals surface area (Å²) in [5.41, 5.74) is 1.84. The Labute approximate surface area is 171 Å². The monoisotopic (exact) mass is 389 g/mol. The standard InChI is InChI=1S/C23H27N5O/c1-3-8-18(9-4-1)22-25-26-23(29-22)20-12-7-13-24-21(20)28-16-14-27(15-17-28)19-10-5-2-6-11-19/h1,3-4,7-9,12-13,19H,2,5-6,10-11,14-17H2. The second-order valence-corrected chi connectivity index (χ2v) is 7.97. The first kappa shape index (κ1) is 18.3. The molecule has 0 amide bonds. The third-order valence-electron chi connectivity index (χ3n) is 6.17. The van der Waals surface area contributed by atoms with Crippen LogP contribution in [0.2, 0.25) is 0 Å². The molecule has 0 N–H and O–H groups in total. The van der Waals surface area contributed by atoms with Crippen molar-refractivity contribution in [3.8, 4) is 22.9 Å². The predicted octanol–water partition coefficient (Wildman–Crippen LogP) is 4.25. The molecule has 6 nitrogen and oxygen atoms in total.